The van der Waals surface area contributed by atoms with E-state index >= 15 is 0 Å². The summed E-state index contributed by atoms with van der Waals surface area (Å²) in [4.78, 5) is 47.9. The minimum Gasteiger partial charge on any atom is -0.494 e. The van der Waals surface area contributed by atoms with Crippen LogP contribution in [0.15, 0.2) is 49.6 Å². The summed E-state index contributed by atoms with van der Waals surface area (Å²) in [5.41, 5.74) is -0.459. The number of ether oxygens (including phenoxy) is 2. The number of aliphatic hydroxyl groups excluding tert-OH is 1. The third-order valence-electron chi connectivity index (χ3n) is 8.63. The number of rotatable bonds is 15. The summed E-state index contributed by atoms with van der Waals surface area (Å²) in [5, 5.41) is 9.28. The van der Waals surface area contributed by atoms with Gasteiger partial charge in [-0.05, 0) is 70.7 Å². The fourth-order valence-electron chi connectivity index (χ4n) is 6.87. The molecule has 0 aromatic heterocycles. The maximum absolute atomic E-state index is 14.4. The van der Waals surface area contributed by atoms with Crippen molar-refractivity contribution in [2.75, 3.05) is 37.7 Å². The molecule has 0 saturated carbocycles. The molecule has 10 heteroatoms. The number of carbonyl (C=O) groups excluding carboxylic acids is 3. The summed E-state index contributed by atoms with van der Waals surface area (Å²) in [7, 11) is 0. The predicted molar refractivity (Wildman–Crippen MR) is 166 cm³/mol. The van der Waals surface area contributed by atoms with Crippen LogP contribution in [0.3, 0.4) is 0 Å². The Morgan fingerprint density at radius 3 is 2.45 bits per heavy atom. The lowest BCUT2D eigenvalue weighted by Crippen LogP contribution is -2.58. The highest BCUT2D eigenvalue weighted by Crippen LogP contribution is 2.60. The number of fused-ring (bicyclic) bond motifs is 1. The average molecular weight is 647 g/mol. The SMILES string of the molecule is C=CCN(C(=O)[C@H]1[C@@H]2OC3(CC2Br)C(C(=O)N(CC=C)C(C)C)N(CCCCCO)C(=O)[C@H]13)c1ccc(OCC)cc1. The highest BCUT2D eigenvalue weighted by atomic mass is 79.9. The lowest BCUT2D eigenvalue weighted by molar-refractivity contribution is -0.149. The van der Waals surface area contributed by atoms with Crippen molar-refractivity contribution in [3.63, 3.8) is 0 Å². The first-order chi connectivity index (χ1) is 20.2. The third-order valence-corrected chi connectivity index (χ3v) is 9.48. The van der Waals surface area contributed by atoms with Gasteiger partial charge in [0.05, 0.1) is 24.5 Å². The number of hydrogen-bond donors (Lipinski definition) is 1. The largest absolute Gasteiger partial charge is 0.494 e. The Hall–Kier alpha value is -2.69. The molecule has 1 aromatic carbocycles. The van der Waals surface area contributed by atoms with Crippen LogP contribution in [0, 0.1) is 11.8 Å². The quantitative estimate of drug-likeness (QED) is 0.176. The van der Waals surface area contributed by atoms with Gasteiger partial charge in [-0.3, -0.25) is 14.4 Å². The van der Waals surface area contributed by atoms with E-state index in [2.05, 4.69) is 29.1 Å². The number of benzene rings is 1. The van der Waals surface area contributed by atoms with Gasteiger partial charge in [0.15, 0.2) is 0 Å². The van der Waals surface area contributed by atoms with Crippen LogP contribution in [0.4, 0.5) is 5.69 Å². The van der Waals surface area contributed by atoms with Crippen molar-refractivity contribution >= 4 is 39.3 Å². The first kappa shape index (κ1) is 32.2. The van der Waals surface area contributed by atoms with Gasteiger partial charge in [0.2, 0.25) is 17.7 Å². The van der Waals surface area contributed by atoms with E-state index in [1.54, 1.807) is 26.9 Å². The van der Waals surface area contributed by atoms with Crippen LogP contribution in [0.25, 0.3) is 0 Å². The summed E-state index contributed by atoms with van der Waals surface area (Å²) in [6.45, 7) is 15.0. The number of carbonyl (C=O) groups is 3. The molecule has 42 heavy (non-hydrogen) atoms. The van der Waals surface area contributed by atoms with E-state index in [4.69, 9.17) is 9.47 Å². The molecule has 4 rings (SSSR count). The van der Waals surface area contributed by atoms with Crippen LogP contribution in [0.2, 0.25) is 0 Å². The third kappa shape index (κ3) is 5.77. The van der Waals surface area contributed by atoms with E-state index in [1.165, 1.54) is 0 Å². The van der Waals surface area contributed by atoms with Gasteiger partial charge in [-0.15, -0.1) is 13.2 Å². The highest BCUT2D eigenvalue weighted by Gasteiger charge is 2.76. The first-order valence-electron chi connectivity index (χ1n) is 15.0. The molecular formula is C32H44BrN3O6. The monoisotopic (exact) mass is 645 g/mol. The summed E-state index contributed by atoms with van der Waals surface area (Å²) < 4.78 is 12.3. The maximum Gasteiger partial charge on any atom is 0.248 e. The van der Waals surface area contributed by atoms with E-state index in [9.17, 15) is 19.5 Å². The van der Waals surface area contributed by atoms with Gasteiger partial charge < -0.3 is 29.3 Å². The van der Waals surface area contributed by atoms with E-state index in [0.29, 0.717) is 50.4 Å². The molecule has 3 heterocycles. The maximum atomic E-state index is 14.4. The number of unbranched alkanes of at least 4 members (excludes halogenated alkanes) is 2. The zero-order valence-electron chi connectivity index (χ0n) is 24.9. The first-order valence-corrected chi connectivity index (χ1v) is 15.9. The number of halogens is 1. The minimum absolute atomic E-state index is 0.0701. The van der Waals surface area contributed by atoms with E-state index in [-0.39, 0.29) is 41.7 Å². The second-order valence-corrected chi connectivity index (χ2v) is 12.7. The van der Waals surface area contributed by atoms with Gasteiger partial charge in [0.25, 0.3) is 0 Å². The average Bonchev–Trinajstić information content (AvgIpc) is 3.56. The van der Waals surface area contributed by atoms with Gasteiger partial charge in [-0.1, -0.05) is 28.1 Å². The second kappa shape index (κ2) is 13.7. The molecule has 3 aliphatic heterocycles. The number of aliphatic hydroxyl groups is 1. The lowest BCUT2D eigenvalue weighted by Gasteiger charge is -2.38. The van der Waals surface area contributed by atoms with Gasteiger partial charge in [-0.2, -0.15) is 0 Å². The smallest absolute Gasteiger partial charge is 0.248 e. The molecule has 6 atom stereocenters. The van der Waals surface area contributed by atoms with Crippen LogP contribution in [-0.2, 0) is 19.1 Å². The minimum atomic E-state index is -1.13. The molecular weight excluding hydrogens is 602 g/mol. The van der Waals surface area contributed by atoms with Gasteiger partial charge in [-0.25, -0.2) is 0 Å². The Morgan fingerprint density at radius 1 is 1.17 bits per heavy atom. The van der Waals surface area contributed by atoms with Gasteiger partial charge in [0, 0.05) is 42.8 Å². The Morgan fingerprint density at radius 2 is 1.86 bits per heavy atom. The summed E-state index contributed by atoms with van der Waals surface area (Å²) in [5.74, 6) is -1.49. The normalized spacial score (nSPS) is 27.7. The summed E-state index contributed by atoms with van der Waals surface area (Å²) in [6, 6.07) is 6.32. The van der Waals surface area contributed by atoms with Crippen LogP contribution < -0.4 is 9.64 Å². The molecule has 0 aliphatic carbocycles. The zero-order chi connectivity index (χ0) is 30.6. The number of nitrogens with zero attached hydrogens (tertiary/aromatic N) is 3. The van der Waals surface area contributed by atoms with Crippen molar-refractivity contribution < 1.29 is 29.0 Å². The molecule has 0 radical (unpaired) electrons. The molecule has 1 aromatic rings. The Labute approximate surface area is 257 Å². The van der Waals surface area contributed by atoms with Crippen molar-refractivity contribution in [1.29, 1.82) is 0 Å². The second-order valence-electron chi connectivity index (χ2n) is 11.5. The topological polar surface area (TPSA) is 99.6 Å². The number of likely N-dealkylation sites (tertiary alicyclic amines) is 1. The highest BCUT2D eigenvalue weighted by molar-refractivity contribution is 9.09. The zero-order valence-corrected chi connectivity index (χ0v) is 26.5. The molecule has 230 valence electrons. The Bertz CT molecular complexity index is 1160. The Kier molecular flexibility index (Phi) is 10.5. The number of amides is 3. The molecule has 3 saturated heterocycles. The van der Waals surface area contributed by atoms with Gasteiger partial charge >= 0.3 is 0 Å². The van der Waals surface area contributed by atoms with E-state index < -0.39 is 29.6 Å². The molecule has 2 bridgehead atoms. The molecule has 3 amide bonds. The lowest BCUT2D eigenvalue weighted by atomic mass is 9.70. The van der Waals surface area contributed by atoms with Crippen molar-refractivity contribution in [1.82, 2.24) is 9.80 Å². The van der Waals surface area contributed by atoms with Crippen LogP contribution >= 0.6 is 15.9 Å². The van der Waals surface area contributed by atoms with Crippen LogP contribution in [0.5, 0.6) is 5.75 Å². The molecule has 3 aliphatic rings. The molecule has 1 N–H and O–H groups in total. The van der Waals surface area contributed by atoms with E-state index in [0.717, 1.165) is 6.42 Å². The molecule has 3 unspecified atom stereocenters. The van der Waals surface area contributed by atoms with Crippen LogP contribution in [-0.4, -0.2) is 94.1 Å². The Balaban J connectivity index is 1.73. The van der Waals surface area contributed by atoms with Crippen molar-refractivity contribution in [2.24, 2.45) is 11.8 Å². The summed E-state index contributed by atoms with van der Waals surface area (Å²) >= 11 is 3.76. The van der Waals surface area contributed by atoms with Crippen molar-refractivity contribution in [3.8, 4) is 5.75 Å². The standard InChI is InChI=1S/C32H44BrN3O6/c1-6-16-34(21(4)5)31(40)28-32-20-24(33)27(42-32)25(26(32)30(39)36(28)18-10-9-11-19-37)29(38)35(17-7-2)22-12-14-23(15-13-22)41-8-3/h6-7,12-15,21,24-28,37H,1-2,8-11,16-20H2,3-5H3/t24?,25-,26+,27-,28?,32?/m1/s1. The summed E-state index contributed by atoms with van der Waals surface area (Å²) in [6.07, 6.45) is 5.22. The van der Waals surface area contributed by atoms with Gasteiger partial charge in [0.1, 0.15) is 17.4 Å². The van der Waals surface area contributed by atoms with Crippen LogP contribution in [0.1, 0.15) is 46.5 Å². The molecule has 9 nitrogen and oxygen atoms in total. The van der Waals surface area contributed by atoms with Crippen molar-refractivity contribution in [2.45, 2.75) is 75.1 Å². The number of hydrogen-bond acceptors (Lipinski definition) is 6. The fourth-order valence-corrected chi connectivity index (χ4v) is 7.82. The molecule has 3 fully saturated rings. The fraction of sp³-hybridized carbons (Fsp3) is 0.594. The molecule has 1 spiro atoms. The van der Waals surface area contributed by atoms with Crippen molar-refractivity contribution in [3.05, 3.63) is 49.6 Å². The van der Waals surface area contributed by atoms with E-state index in [1.807, 2.05) is 45.0 Å². The number of anilines is 1. The predicted octanol–water partition coefficient (Wildman–Crippen LogP) is 3.94. The number of alkyl halides is 1.